The Balaban J connectivity index is 1.51. The molecule has 1 aliphatic carbocycles. The number of fused-ring (bicyclic) bond motifs is 3. The maximum Gasteiger partial charge on any atom is 0.209 e. The summed E-state index contributed by atoms with van der Waals surface area (Å²) >= 11 is 6.07. The summed E-state index contributed by atoms with van der Waals surface area (Å²) in [4.78, 5) is 22.7. The van der Waals surface area contributed by atoms with Crippen LogP contribution in [0.2, 0.25) is 5.02 Å². The van der Waals surface area contributed by atoms with Gasteiger partial charge in [-0.1, -0.05) is 41.9 Å². The van der Waals surface area contributed by atoms with Crippen LogP contribution in [-0.4, -0.2) is 20.3 Å². The Morgan fingerprint density at radius 2 is 1.81 bits per heavy atom. The zero-order valence-corrected chi connectivity index (χ0v) is 17.4. The monoisotopic (exact) mass is 426 g/mol. The number of para-hydroxylation sites is 2. The largest absolute Gasteiger partial charge is 0.329 e. The highest BCUT2D eigenvalue weighted by Gasteiger charge is 2.39. The molecule has 2 aromatic carbocycles. The number of nitrogens with zero attached hydrogens (tertiary/aromatic N) is 3. The second kappa shape index (κ2) is 7.06. The van der Waals surface area contributed by atoms with E-state index >= 15 is 0 Å². The Labute approximate surface area is 184 Å². The highest BCUT2D eigenvalue weighted by atomic mass is 35.5. The molecule has 2 aliphatic rings. The van der Waals surface area contributed by atoms with Crippen molar-refractivity contribution in [2.45, 2.75) is 24.8 Å². The van der Waals surface area contributed by atoms with Gasteiger partial charge in [-0.15, -0.1) is 0 Å². The van der Waals surface area contributed by atoms with Gasteiger partial charge in [-0.3, -0.25) is 14.3 Å². The number of aromatic nitrogens is 3. The van der Waals surface area contributed by atoms with Crippen LogP contribution in [0.1, 0.15) is 35.9 Å². The first-order valence-electron chi connectivity index (χ1n) is 10.3. The van der Waals surface area contributed by atoms with Gasteiger partial charge in [-0.2, -0.15) is 0 Å². The smallest absolute Gasteiger partial charge is 0.209 e. The maximum atomic E-state index is 13.6. The number of carbonyl (C=O) groups is 1. The summed E-state index contributed by atoms with van der Waals surface area (Å²) in [5.74, 6) is 1.03. The Hall–Kier alpha value is -3.44. The van der Waals surface area contributed by atoms with Crippen LogP contribution in [0.15, 0.2) is 84.3 Å². The molecule has 6 heteroatoms. The summed E-state index contributed by atoms with van der Waals surface area (Å²) in [6, 6.07) is 19.5. The van der Waals surface area contributed by atoms with E-state index < -0.39 is 0 Å². The van der Waals surface area contributed by atoms with Crippen LogP contribution in [0, 0.1) is 0 Å². The van der Waals surface area contributed by atoms with Gasteiger partial charge in [0.1, 0.15) is 0 Å². The molecular formula is C25H19ClN4O. The lowest BCUT2D eigenvalue weighted by Gasteiger charge is -2.36. The molecule has 1 aliphatic heterocycles. The van der Waals surface area contributed by atoms with Crippen LogP contribution in [0.25, 0.3) is 11.0 Å². The predicted octanol–water partition coefficient (Wildman–Crippen LogP) is 5.50. The Bertz CT molecular complexity index is 1340. The molecule has 0 spiro atoms. The topological polar surface area (TPSA) is 59.8 Å². The van der Waals surface area contributed by atoms with Gasteiger partial charge in [0.05, 0.1) is 17.1 Å². The average Bonchev–Trinajstić information content (AvgIpc) is 3.16. The molecule has 31 heavy (non-hydrogen) atoms. The fraction of sp³-hybridized carbons (Fsp3) is 0.160. The number of rotatable bonds is 2. The van der Waals surface area contributed by atoms with Crippen LogP contribution in [0.4, 0.5) is 5.95 Å². The third-order valence-electron chi connectivity index (χ3n) is 6.24. The van der Waals surface area contributed by atoms with Crippen LogP contribution < -0.4 is 5.32 Å². The van der Waals surface area contributed by atoms with Crippen molar-refractivity contribution < 1.29 is 4.79 Å². The van der Waals surface area contributed by atoms with E-state index in [9.17, 15) is 4.79 Å². The van der Waals surface area contributed by atoms with Gasteiger partial charge in [-0.05, 0) is 53.8 Å². The van der Waals surface area contributed by atoms with Gasteiger partial charge < -0.3 is 5.32 Å². The van der Waals surface area contributed by atoms with Gasteiger partial charge in [0.2, 0.25) is 5.95 Å². The number of Topliss-reactive ketones (excluding diaryl/α,β-unsaturated/α-hetero) is 1. The number of carbonyl (C=O) groups excluding carboxylic acids is 1. The lowest BCUT2D eigenvalue weighted by molar-refractivity contribution is -0.116. The molecular weight excluding hydrogens is 408 g/mol. The van der Waals surface area contributed by atoms with E-state index in [0.717, 1.165) is 45.8 Å². The van der Waals surface area contributed by atoms with Gasteiger partial charge in [-0.25, -0.2) is 4.98 Å². The van der Waals surface area contributed by atoms with Crippen molar-refractivity contribution >= 4 is 34.4 Å². The molecule has 0 amide bonds. The summed E-state index contributed by atoms with van der Waals surface area (Å²) in [6.07, 6.45) is 4.83. The van der Waals surface area contributed by atoms with E-state index in [4.69, 9.17) is 16.6 Å². The van der Waals surface area contributed by atoms with E-state index in [1.165, 1.54) is 0 Å². The van der Waals surface area contributed by atoms with Gasteiger partial charge in [0.15, 0.2) is 5.78 Å². The van der Waals surface area contributed by atoms with Crippen molar-refractivity contribution in [2.75, 3.05) is 5.32 Å². The number of imidazole rings is 1. The lowest BCUT2D eigenvalue weighted by Crippen LogP contribution is -2.33. The summed E-state index contributed by atoms with van der Waals surface area (Å²) < 4.78 is 2.13. The number of ketones is 1. The van der Waals surface area contributed by atoms with E-state index in [-0.39, 0.29) is 17.7 Å². The zero-order chi connectivity index (χ0) is 20.9. The van der Waals surface area contributed by atoms with Crippen molar-refractivity contribution in [2.24, 2.45) is 0 Å². The molecule has 0 saturated carbocycles. The van der Waals surface area contributed by atoms with Crippen LogP contribution in [0.5, 0.6) is 0 Å². The third kappa shape index (κ3) is 2.96. The van der Waals surface area contributed by atoms with Crippen LogP contribution in [-0.2, 0) is 4.79 Å². The van der Waals surface area contributed by atoms with E-state index in [1.807, 2.05) is 66.9 Å². The molecule has 0 unspecified atom stereocenters. The summed E-state index contributed by atoms with van der Waals surface area (Å²) in [7, 11) is 0. The van der Waals surface area contributed by atoms with Crippen LogP contribution in [0.3, 0.4) is 0 Å². The molecule has 1 N–H and O–H groups in total. The van der Waals surface area contributed by atoms with Crippen molar-refractivity contribution in [1.82, 2.24) is 14.5 Å². The summed E-state index contributed by atoms with van der Waals surface area (Å²) in [5.41, 5.74) is 5.78. The summed E-state index contributed by atoms with van der Waals surface area (Å²) in [5, 5.41) is 4.19. The molecule has 6 rings (SSSR count). The highest BCUT2D eigenvalue weighted by Crippen LogP contribution is 2.45. The minimum absolute atomic E-state index is 0.112. The molecule has 152 valence electrons. The Morgan fingerprint density at radius 1 is 0.968 bits per heavy atom. The van der Waals surface area contributed by atoms with E-state index in [0.29, 0.717) is 11.4 Å². The normalized spacial score (nSPS) is 20.4. The molecule has 0 fully saturated rings. The predicted molar refractivity (Wildman–Crippen MR) is 121 cm³/mol. The first-order valence-corrected chi connectivity index (χ1v) is 10.7. The Morgan fingerprint density at radius 3 is 2.61 bits per heavy atom. The molecule has 4 aromatic rings. The minimum Gasteiger partial charge on any atom is -0.329 e. The van der Waals surface area contributed by atoms with Crippen molar-refractivity contribution in [1.29, 1.82) is 0 Å². The molecule has 2 atom stereocenters. The highest BCUT2D eigenvalue weighted by molar-refractivity contribution is 6.30. The zero-order valence-electron chi connectivity index (χ0n) is 16.6. The Kier molecular flexibility index (Phi) is 4.18. The summed E-state index contributed by atoms with van der Waals surface area (Å²) in [6.45, 7) is 0. The minimum atomic E-state index is -0.244. The third-order valence-corrected chi connectivity index (χ3v) is 6.49. The number of nitrogens with one attached hydrogen (secondary N) is 1. The molecule has 3 heterocycles. The standard InChI is InChI=1S/C25H19ClN4O/c26-18-9-7-15(8-10-18)17-12-20-23(22(31)13-17)24(16-4-3-11-27-14-16)30-21-6-2-1-5-19(21)28-25(30)29-20/h1-11,14,17,24H,12-13H2,(H,28,29)/t17-,24+/m1/s1. The molecule has 0 bridgehead atoms. The SMILES string of the molecule is O=C1C[C@H](c2ccc(Cl)cc2)CC2=C1[C@H](c1cccnc1)n1c(nc3ccccc31)N2. The number of pyridine rings is 1. The fourth-order valence-electron chi connectivity index (χ4n) is 4.85. The number of allylic oxidation sites excluding steroid dienone is 2. The van der Waals surface area contributed by atoms with Gasteiger partial charge in [0, 0.05) is 35.1 Å². The quantitative estimate of drug-likeness (QED) is 0.459. The second-order valence-electron chi connectivity index (χ2n) is 8.08. The number of anilines is 1. The number of hydrogen-bond donors (Lipinski definition) is 1. The first-order chi connectivity index (χ1) is 15.2. The maximum absolute atomic E-state index is 13.6. The molecule has 5 nitrogen and oxygen atoms in total. The van der Waals surface area contributed by atoms with Gasteiger partial charge in [0.25, 0.3) is 0 Å². The fourth-order valence-corrected chi connectivity index (χ4v) is 4.97. The van der Waals surface area contributed by atoms with Crippen molar-refractivity contribution in [3.05, 3.63) is 100 Å². The molecule has 0 radical (unpaired) electrons. The second-order valence-corrected chi connectivity index (χ2v) is 8.52. The number of benzene rings is 2. The number of halogens is 1. The van der Waals surface area contributed by atoms with Crippen molar-refractivity contribution in [3.63, 3.8) is 0 Å². The van der Waals surface area contributed by atoms with Crippen molar-refractivity contribution in [3.8, 4) is 0 Å². The van der Waals surface area contributed by atoms with Gasteiger partial charge >= 0.3 is 0 Å². The average molecular weight is 427 g/mol. The number of hydrogen-bond acceptors (Lipinski definition) is 4. The molecule has 0 saturated heterocycles. The molecule has 2 aromatic heterocycles. The van der Waals surface area contributed by atoms with E-state index in [1.54, 1.807) is 6.20 Å². The van der Waals surface area contributed by atoms with E-state index in [2.05, 4.69) is 14.9 Å². The van der Waals surface area contributed by atoms with Crippen LogP contribution >= 0.6 is 11.6 Å². The first kappa shape index (κ1) is 18.3. The lowest BCUT2D eigenvalue weighted by atomic mass is 9.78.